The van der Waals surface area contributed by atoms with Gasteiger partial charge in [-0.2, -0.15) is 5.10 Å². The summed E-state index contributed by atoms with van der Waals surface area (Å²) in [4.78, 5) is 11.3. The molecule has 0 fully saturated rings. The van der Waals surface area contributed by atoms with Crippen LogP contribution in [-0.2, 0) is 6.61 Å². The maximum absolute atomic E-state index is 11.3. The molecule has 2 N–H and O–H groups in total. The number of benzene rings is 1. The summed E-state index contributed by atoms with van der Waals surface area (Å²) in [6.07, 6.45) is 0. The molecule has 1 aromatic carbocycles. The van der Waals surface area contributed by atoms with Gasteiger partial charge in [0.25, 0.3) is 5.56 Å². The van der Waals surface area contributed by atoms with Crippen molar-refractivity contribution < 1.29 is 5.11 Å². The van der Waals surface area contributed by atoms with Crippen molar-refractivity contribution in [2.24, 2.45) is 0 Å². The molecule has 0 bridgehead atoms. The van der Waals surface area contributed by atoms with Crippen LogP contribution < -0.4 is 5.56 Å². The summed E-state index contributed by atoms with van der Waals surface area (Å²) < 4.78 is 0.854. The van der Waals surface area contributed by atoms with Crippen LogP contribution in [0.5, 0.6) is 0 Å². The van der Waals surface area contributed by atoms with Crippen molar-refractivity contribution >= 4 is 26.7 Å². The molecular weight excluding hydrogens is 248 g/mol. The third-order valence-electron chi connectivity index (χ3n) is 1.98. The summed E-state index contributed by atoms with van der Waals surface area (Å²) in [5.74, 6) is 0. The molecular formula is C9H7BrN2O2. The maximum Gasteiger partial charge on any atom is 0.272 e. The van der Waals surface area contributed by atoms with Gasteiger partial charge in [-0.1, -0.05) is 15.9 Å². The second-order valence-corrected chi connectivity index (χ2v) is 3.76. The highest BCUT2D eigenvalue weighted by atomic mass is 79.9. The van der Waals surface area contributed by atoms with Crippen LogP contribution in [0.25, 0.3) is 10.8 Å². The number of hydrogen-bond donors (Lipinski definition) is 2. The molecule has 0 aliphatic carbocycles. The Labute approximate surface area is 87.7 Å². The monoisotopic (exact) mass is 254 g/mol. The molecule has 0 atom stereocenters. The molecule has 0 aliphatic heterocycles. The van der Waals surface area contributed by atoms with E-state index >= 15 is 0 Å². The van der Waals surface area contributed by atoms with Crippen LogP contribution in [0, 0.1) is 0 Å². The predicted octanol–water partition coefficient (Wildman–Crippen LogP) is 1.18. The molecule has 0 radical (unpaired) electrons. The largest absolute Gasteiger partial charge is 0.390 e. The van der Waals surface area contributed by atoms with Gasteiger partial charge in [0.05, 0.1) is 17.7 Å². The average Bonchev–Trinajstić information content (AvgIpc) is 2.18. The molecule has 5 heteroatoms. The summed E-state index contributed by atoms with van der Waals surface area (Å²) in [6, 6.07) is 5.24. The topological polar surface area (TPSA) is 66.0 Å². The van der Waals surface area contributed by atoms with E-state index in [1.165, 1.54) is 0 Å². The summed E-state index contributed by atoms with van der Waals surface area (Å²) >= 11 is 3.30. The Kier molecular flexibility index (Phi) is 2.35. The number of fused-ring (bicyclic) bond motifs is 1. The van der Waals surface area contributed by atoms with Gasteiger partial charge in [-0.3, -0.25) is 4.79 Å². The highest BCUT2D eigenvalue weighted by molar-refractivity contribution is 9.10. The Balaban J connectivity index is 2.92. The number of hydrogen-bond acceptors (Lipinski definition) is 3. The third-order valence-corrected chi connectivity index (χ3v) is 2.47. The van der Waals surface area contributed by atoms with Gasteiger partial charge < -0.3 is 5.11 Å². The summed E-state index contributed by atoms with van der Waals surface area (Å²) in [5.41, 5.74) is 0.227. The SMILES string of the molecule is O=c1[nH]nc(CO)c2cc(Br)ccc12. The second-order valence-electron chi connectivity index (χ2n) is 2.85. The number of H-pyrrole nitrogens is 1. The van der Waals surface area contributed by atoms with E-state index in [4.69, 9.17) is 5.11 Å². The molecule has 1 heterocycles. The fraction of sp³-hybridized carbons (Fsp3) is 0.111. The lowest BCUT2D eigenvalue weighted by atomic mass is 10.1. The van der Waals surface area contributed by atoms with Crippen molar-refractivity contribution in [2.75, 3.05) is 0 Å². The molecule has 72 valence electrons. The molecule has 0 saturated carbocycles. The van der Waals surface area contributed by atoms with Crippen molar-refractivity contribution in [1.82, 2.24) is 10.2 Å². The zero-order valence-electron chi connectivity index (χ0n) is 7.12. The first kappa shape index (κ1) is 9.36. The predicted molar refractivity (Wildman–Crippen MR) is 56.0 cm³/mol. The number of halogens is 1. The summed E-state index contributed by atoms with van der Waals surface area (Å²) in [7, 11) is 0. The molecule has 1 aromatic heterocycles. The van der Waals surface area contributed by atoms with Crippen molar-refractivity contribution in [3.05, 3.63) is 38.7 Å². The highest BCUT2D eigenvalue weighted by Gasteiger charge is 2.05. The number of nitrogens with one attached hydrogen (secondary N) is 1. The van der Waals surface area contributed by atoms with E-state index in [0.29, 0.717) is 16.5 Å². The van der Waals surface area contributed by atoms with Crippen molar-refractivity contribution in [3.63, 3.8) is 0 Å². The molecule has 4 nitrogen and oxygen atoms in total. The fourth-order valence-electron chi connectivity index (χ4n) is 1.31. The van der Waals surface area contributed by atoms with Crippen LogP contribution in [0.3, 0.4) is 0 Å². The van der Waals surface area contributed by atoms with Crippen molar-refractivity contribution in [2.45, 2.75) is 6.61 Å². The number of nitrogens with zero attached hydrogens (tertiary/aromatic N) is 1. The Morgan fingerprint density at radius 3 is 2.93 bits per heavy atom. The minimum Gasteiger partial charge on any atom is -0.390 e. The molecule has 0 amide bonds. The molecule has 0 spiro atoms. The van der Waals surface area contributed by atoms with Gasteiger partial charge in [-0.05, 0) is 18.2 Å². The summed E-state index contributed by atoms with van der Waals surface area (Å²) in [5, 5.41) is 16.3. The number of rotatable bonds is 1. The third kappa shape index (κ3) is 1.44. The molecule has 0 unspecified atom stereocenters. The number of aliphatic hydroxyl groups excluding tert-OH is 1. The van der Waals surface area contributed by atoms with Gasteiger partial charge >= 0.3 is 0 Å². The quantitative estimate of drug-likeness (QED) is 0.804. The number of aromatic nitrogens is 2. The first-order valence-electron chi connectivity index (χ1n) is 4.00. The molecule has 0 aliphatic rings. The lowest BCUT2D eigenvalue weighted by Crippen LogP contribution is -2.10. The van der Waals surface area contributed by atoms with Crippen LogP contribution in [0.2, 0.25) is 0 Å². The normalized spacial score (nSPS) is 10.7. The van der Waals surface area contributed by atoms with E-state index in [0.717, 1.165) is 4.47 Å². The van der Waals surface area contributed by atoms with E-state index in [-0.39, 0.29) is 12.2 Å². The Hall–Kier alpha value is -1.20. The van der Waals surface area contributed by atoms with Gasteiger partial charge in [0.1, 0.15) is 0 Å². The Morgan fingerprint density at radius 2 is 2.21 bits per heavy atom. The molecule has 14 heavy (non-hydrogen) atoms. The molecule has 2 rings (SSSR count). The Bertz CT molecular complexity index is 536. The van der Waals surface area contributed by atoms with E-state index in [2.05, 4.69) is 26.1 Å². The van der Waals surface area contributed by atoms with Crippen LogP contribution >= 0.6 is 15.9 Å². The van der Waals surface area contributed by atoms with E-state index in [9.17, 15) is 4.79 Å². The maximum atomic E-state index is 11.3. The van der Waals surface area contributed by atoms with E-state index < -0.39 is 0 Å². The molecule has 2 aromatic rings. The lowest BCUT2D eigenvalue weighted by molar-refractivity contribution is 0.277. The number of aliphatic hydroxyl groups is 1. The fourth-order valence-corrected chi connectivity index (χ4v) is 1.67. The van der Waals surface area contributed by atoms with Crippen LogP contribution in [0.4, 0.5) is 0 Å². The van der Waals surface area contributed by atoms with Crippen molar-refractivity contribution in [3.8, 4) is 0 Å². The van der Waals surface area contributed by atoms with Gasteiger partial charge in [0, 0.05) is 9.86 Å². The van der Waals surface area contributed by atoms with Gasteiger partial charge in [-0.25, -0.2) is 5.10 Å². The Morgan fingerprint density at radius 1 is 1.43 bits per heavy atom. The van der Waals surface area contributed by atoms with Crippen molar-refractivity contribution in [1.29, 1.82) is 0 Å². The van der Waals surface area contributed by atoms with Gasteiger partial charge in [-0.15, -0.1) is 0 Å². The highest BCUT2D eigenvalue weighted by Crippen LogP contribution is 2.18. The van der Waals surface area contributed by atoms with Crippen LogP contribution in [0.15, 0.2) is 27.5 Å². The molecule has 0 saturated heterocycles. The standard InChI is InChI=1S/C9H7BrN2O2/c10-5-1-2-6-7(3-5)8(4-13)11-12-9(6)14/h1-3,13H,4H2,(H,12,14). The van der Waals surface area contributed by atoms with Gasteiger partial charge in [0.15, 0.2) is 0 Å². The van der Waals surface area contributed by atoms with Crippen LogP contribution in [0.1, 0.15) is 5.69 Å². The second kappa shape index (κ2) is 3.51. The first-order valence-corrected chi connectivity index (χ1v) is 4.79. The zero-order chi connectivity index (χ0) is 10.1. The van der Waals surface area contributed by atoms with E-state index in [1.807, 2.05) is 0 Å². The number of aromatic amines is 1. The van der Waals surface area contributed by atoms with Gasteiger partial charge in [0.2, 0.25) is 0 Å². The smallest absolute Gasteiger partial charge is 0.272 e. The average molecular weight is 255 g/mol. The first-order chi connectivity index (χ1) is 6.72. The minimum absolute atomic E-state index is 0.191. The lowest BCUT2D eigenvalue weighted by Gasteiger charge is -2.01. The van der Waals surface area contributed by atoms with E-state index in [1.54, 1.807) is 18.2 Å². The summed E-state index contributed by atoms with van der Waals surface area (Å²) in [6.45, 7) is -0.191. The zero-order valence-corrected chi connectivity index (χ0v) is 8.71. The minimum atomic E-state index is -0.246. The van der Waals surface area contributed by atoms with Crippen LogP contribution in [-0.4, -0.2) is 15.3 Å².